The van der Waals surface area contributed by atoms with Gasteiger partial charge < -0.3 is 14.7 Å². The molecule has 104 valence electrons. The third kappa shape index (κ3) is 3.73. The van der Waals surface area contributed by atoms with Gasteiger partial charge in [0.1, 0.15) is 5.60 Å². The van der Waals surface area contributed by atoms with Crippen molar-refractivity contribution in [3.63, 3.8) is 0 Å². The SMILES string of the molecule is C=C[C@H](C)[C@H](O)[C@@H]1CCCN1C(=O)OC(C)(C)C. The summed E-state index contributed by atoms with van der Waals surface area (Å²) in [5.74, 6) is -0.0296. The molecule has 1 aliphatic heterocycles. The Balaban J connectivity index is 2.70. The van der Waals surface area contributed by atoms with Gasteiger partial charge in [-0.25, -0.2) is 4.79 Å². The predicted octanol–water partition coefficient (Wildman–Crippen LogP) is 2.57. The topological polar surface area (TPSA) is 49.8 Å². The Kier molecular flexibility index (Phi) is 4.79. The Labute approximate surface area is 110 Å². The van der Waals surface area contributed by atoms with Crippen molar-refractivity contribution < 1.29 is 14.6 Å². The van der Waals surface area contributed by atoms with Crippen LogP contribution in [0.1, 0.15) is 40.5 Å². The standard InChI is InChI=1S/C14H25NO3/c1-6-10(2)12(16)11-8-7-9-15(11)13(17)18-14(3,4)5/h6,10-12,16H,1,7-9H2,2-5H3/t10-,11-,12-/m0/s1. The molecule has 1 heterocycles. The highest BCUT2D eigenvalue weighted by Crippen LogP contribution is 2.26. The fraction of sp³-hybridized carbons (Fsp3) is 0.786. The van der Waals surface area contributed by atoms with Gasteiger partial charge in [-0.05, 0) is 33.6 Å². The molecule has 0 unspecified atom stereocenters. The lowest BCUT2D eigenvalue weighted by atomic mass is 9.96. The second-order valence-electron chi connectivity index (χ2n) is 5.97. The van der Waals surface area contributed by atoms with Crippen LogP contribution in [0.4, 0.5) is 4.79 Å². The number of carbonyl (C=O) groups is 1. The lowest BCUT2D eigenvalue weighted by Gasteiger charge is -2.32. The van der Waals surface area contributed by atoms with E-state index in [1.807, 2.05) is 27.7 Å². The number of amides is 1. The molecule has 4 nitrogen and oxygen atoms in total. The summed E-state index contributed by atoms with van der Waals surface area (Å²) in [6.45, 7) is 11.8. The van der Waals surface area contributed by atoms with Gasteiger partial charge in [-0.15, -0.1) is 6.58 Å². The zero-order valence-corrected chi connectivity index (χ0v) is 11.8. The molecular formula is C14H25NO3. The molecule has 1 aliphatic rings. The summed E-state index contributed by atoms with van der Waals surface area (Å²) in [6, 6.07) is -0.159. The number of ether oxygens (including phenoxy) is 1. The first kappa shape index (κ1) is 15.0. The Hall–Kier alpha value is -1.03. The van der Waals surface area contributed by atoms with Gasteiger partial charge in [0.15, 0.2) is 0 Å². The van der Waals surface area contributed by atoms with Crippen LogP contribution >= 0.6 is 0 Å². The molecule has 0 spiro atoms. The quantitative estimate of drug-likeness (QED) is 0.788. The second-order valence-corrected chi connectivity index (χ2v) is 5.97. The molecule has 0 aliphatic carbocycles. The van der Waals surface area contributed by atoms with E-state index in [4.69, 9.17) is 4.74 Å². The summed E-state index contributed by atoms with van der Waals surface area (Å²) >= 11 is 0. The first-order chi connectivity index (χ1) is 8.26. The minimum Gasteiger partial charge on any atom is -0.444 e. The first-order valence-corrected chi connectivity index (χ1v) is 6.56. The molecule has 0 radical (unpaired) electrons. The average Bonchev–Trinajstić information content (AvgIpc) is 2.73. The molecule has 0 aromatic carbocycles. The lowest BCUT2D eigenvalue weighted by Crippen LogP contribution is -2.46. The Morgan fingerprint density at radius 2 is 2.17 bits per heavy atom. The molecule has 0 bridgehead atoms. The molecule has 1 N–H and O–H groups in total. The normalized spacial score (nSPS) is 23.6. The highest BCUT2D eigenvalue weighted by atomic mass is 16.6. The number of aliphatic hydroxyl groups is 1. The molecule has 1 fully saturated rings. The van der Waals surface area contributed by atoms with Gasteiger partial charge in [0.25, 0.3) is 0 Å². The smallest absolute Gasteiger partial charge is 0.410 e. The van der Waals surface area contributed by atoms with Gasteiger partial charge in [-0.2, -0.15) is 0 Å². The van der Waals surface area contributed by atoms with Crippen molar-refractivity contribution >= 4 is 6.09 Å². The number of aliphatic hydroxyl groups excluding tert-OH is 1. The van der Waals surface area contributed by atoms with Gasteiger partial charge in [-0.3, -0.25) is 0 Å². The lowest BCUT2D eigenvalue weighted by molar-refractivity contribution is -0.00100. The van der Waals surface area contributed by atoms with Crippen molar-refractivity contribution in [1.29, 1.82) is 0 Å². The Bertz CT molecular complexity index is 309. The van der Waals surface area contributed by atoms with Crippen LogP contribution in [0, 0.1) is 5.92 Å². The van der Waals surface area contributed by atoms with E-state index in [9.17, 15) is 9.90 Å². The van der Waals surface area contributed by atoms with Crippen molar-refractivity contribution in [1.82, 2.24) is 4.90 Å². The third-order valence-corrected chi connectivity index (χ3v) is 3.23. The van der Waals surface area contributed by atoms with E-state index >= 15 is 0 Å². The summed E-state index contributed by atoms with van der Waals surface area (Å²) in [4.78, 5) is 13.7. The van der Waals surface area contributed by atoms with Crippen LogP contribution in [0.2, 0.25) is 0 Å². The summed E-state index contributed by atoms with van der Waals surface area (Å²) in [5.41, 5.74) is -0.501. The fourth-order valence-corrected chi connectivity index (χ4v) is 2.18. The van der Waals surface area contributed by atoms with E-state index in [-0.39, 0.29) is 18.1 Å². The number of carbonyl (C=O) groups excluding carboxylic acids is 1. The minimum absolute atomic E-state index is 0.0296. The van der Waals surface area contributed by atoms with Crippen LogP contribution in [-0.4, -0.2) is 40.4 Å². The largest absolute Gasteiger partial charge is 0.444 e. The van der Waals surface area contributed by atoms with Crippen LogP contribution in [0.15, 0.2) is 12.7 Å². The molecule has 0 aromatic heterocycles. The summed E-state index contributed by atoms with van der Waals surface area (Å²) in [7, 11) is 0. The van der Waals surface area contributed by atoms with E-state index in [1.165, 1.54) is 0 Å². The second kappa shape index (κ2) is 5.74. The Morgan fingerprint density at radius 1 is 1.56 bits per heavy atom. The van der Waals surface area contributed by atoms with Crippen molar-refractivity contribution in [2.75, 3.05) is 6.54 Å². The average molecular weight is 255 g/mol. The van der Waals surface area contributed by atoms with E-state index < -0.39 is 11.7 Å². The molecule has 3 atom stereocenters. The van der Waals surface area contributed by atoms with Crippen LogP contribution < -0.4 is 0 Å². The van der Waals surface area contributed by atoms with E-state index in [2.05, 4.69) is 6.58 Å². The maximum Gasteiger partial charge on any atom is 0.410 e. The highest BCUT2D eigenvalue weighted by molar-refractivity contribution is 5.69. The molecule has 4 heteroatoms. The highest BCUT2D eigenvalue weighted by Gasteiger charge is 2.37. The minimum atomic E-state index is -0.572. The van der Waals surface area contributed by atoms with Crippen LogP contribution in [0.3, 0.4) is 0 Å². The molecular weight excluding hydrogens is 230 g/mol. The molecule has 18 heavy (non-hydrogen) atoms. The Morgan fingerprint density at radius 3 is 2.67 bits per heavy atom. The number of likely N-dealkylation sites (tertiary alicyclic amines) is 1. The number of hydrogen-bond acceptors (Lipinski definition) is 3. The summed E-state index contributed by atoms with van der Waals surface area (Å²) < 4.78 is 5.37. The van der Waals surface area contributed by atoms with Crippen molar-refractivity contribution in [2.45, 2.75) is 58.3 Å². The summed E-state index contributed by atoms with van der Waals surface area (Å²) in [6.07, 6.45) is 2.54. The van der Waals surface area contributed by atoms with Crippen LogP contribution in [0.25, 0.3) is 0 Å². The predicted molar refractivity (Wildman–Crippen MR) is 71.3 cm³/mol. The van der Waals surface area contributed by atoms with Crippen LogP contribution in [0.5, 0.6) is 0 Å². The van der Waals surface area contributed by atoms with E-state index in [0.29, 0.717) is 6.54 Å². The van der Waals surface area contributed by atoms with Crippen molar-refractivity contribution in [3.8, 4) is 0 Å². The number of rotatable bonds is 3. The fourth-order valence-electron chi connectivity index (χ4n) is 2.18. The molecule has 1 saturated heterocycles. The van der Waals surface area contributed by atoms with Gasteiger partial charge in [0.2, 0.25) is 0 Å². The molecule has 1 rings (SSSR count). The monoisotopic (exact) mass is 255 g/mol. The van der Waals surface area contributed by atoms with Crippen molar-refractivity contribution in [3.05, 3.63) is 12.7 Å². The summed E-state index contributed by atoms with van der Waals surface area (Å²) in [5, 5.41) is 10.2. The first-order valence-electron chi connectivity index (χ1n) is 6.56. The maximum absolute atomic E-state index is 12.1. The zero-order chi connectivity index (χ0) is 13.9. The molecule has 0 saturated carbocycles. The van der Waals surface area contributed by atoms with E-state index in [1.54, 1.807) is 11.0 Å². The van der Waals surface area contributed by atoms with Gasteiger partial charge in [-0.1, -0.05) is 13.0 Å². The van der Waals surface area contributed by atoms with Crippen molar-refractivity contribution in [2.24, 2.45) is 5.92 Å². The third-order valence-electron chi connectivity index (χ3n) is 3.23. The van der Waals surface area contributed by atoms with Gasteiger partial charge >= 0.3 is 6.09 Å². The van der Waals surface area contributed by atoms with Gasteiger partial charge in [0, 0.05) is 12.5 Å². The molecule has 1 amide bonds. The maximum atomic E-state index is 12.1. The zero-order valence-electron chi connectivity index (χ0n) is 11.8. The molecule has 0 aromatic rings. The van der Waals surface area contributed by atoms with E-state index in [0.717, 1.165) is 12.8 Å². The van der Waals surface area contributed by atoms with Crippen LogP contribution in [-0.2, 0) is 4.74 Å². The number of nitrogens with zero attached hydrogens (tertiary/aromatic N) is 1. The van der Waals surface area contributed by atoms with Gasteiger partial charge in [0.05, 0.1) is 12.1 Å². The number of hydrogen-bond donors (Lipinski definition) is 1.